The summed E-state index contributed by atoms with van der Waals surface area (Å²) in [6.45, 7) is 15.4. The lowest BCUT2D eigenvalue weighted by atomic mass is 9.92. The Morgan fingerprint density at radius 1 is 0.735 bits per heavy atom. The van der Waals surface area contributed by atoms with E-state index in [1.807, 2.05) is 79.8 Å². The summed E-state index contributed by atoms with van der Waals surface area (Å²) in [4.78, 5) is 29.9. The van der Waals surface area contributed by atoms with E-state index in [9.17, 15) is 14.7 Å². The van der Waals surface area contributed by atoms with E-state index in [0.717, 1.165) is 99.5 Å². The van der Waals surface area contributed by atoms with Crippen molar-refractivity contribution in [1.29, 1.82) is 0 Å². The maximum atomic E-state index is 13.4. The van der Waals surface area contributed by atoms with Gasteiger partial charge in [0.15, 0.2) is 23.0 Å². The third-order valence-electron chi connectivity index (χ3n) is 13.2. The van der Waals surface area contributed by atoms with E-state index < -0.39 is 16.9 Å². The zero-order valence-electron chi connectivity index (χ0n) is 39.4. The van der Waals surface area contributed by atoms with Crippen LogP contribution in [0.2, 0.25) is 0 Å². The zero-order valence-corrected chi connectivity index (χ0v) is 40.2. The average Bonchev–Trinajstić information content (AvgIpc) is 4.26. The molecular formula is C54H66ClN5O8. The normalized spacial score (nSPS) is 18.0. The molecule has 4 aromatic carbocycles. The third kappa shape index (κ3) is 10.2. The summed E-state index contributed by atoms with van der Waals surface area (Å²) < 4.78 is 28.7. The number of amides is 2. The number of nitrogens with zero attached hydrogens (tertiary/aromatic N) is 1. The number of aromatic nitrogens is 2. The summed E-state index contributed by atoms with van der Waals surface area (Å²) >= 11 is 5.27. The molecule has 5 aliphatic rings. The molecule has 0 spiro atoms. The number of alkyl halides is 1. The summed E-state index contributed by atoms with van der Waals surface area (Å²) in [5.74, 6) is 3.61. The number of fused-ring (bicyclic) bond motifs is 4. The van der Waals surface area contributed by atoms with Crippen LogP contribution < -0.4 is 34.9 Å². The molecule has 5 N–H and O–H groups in total. The van der Waals surface area contributed by atoms with Crippen molar-refractivity contribution in [2.45, 2.75) is 115 Å². The highest BCUT2D eigenvalue weighted by Crippen LogP contribution is 2.52. The van der Waals surface area contributed by atoms with Crippen LogP contribution in [0.15, 0.2) is 84.9 Å². The largest absolute Gasteiger partial charge is 0.454 e. The Bertz CT molecular complexity index is 2810. The number of rotatable bonds is 11. The van der Waals surface area contributed by atoms with Gasteiger partial charge in [0.1, 0.15) is 0 Å². The zero-order chi connectivity index (χ0) is 47.3. The number of nitrogens with one attached hydrogen (secondary N) is 4. The number of anilines is 2. The monoisotopic (exact) mass is 947 g/mol. The van der Waals surface area contributed by atoms with Crippen molar-refractivity contribution in [3.8, 4) is 23.0 Å². The van der Waals surface area contributed by atoms with Crippen LogP contribution in [0.1, 0.15) is 97.2 Å². The Labute approximate surface area is 404 Å². The number of H-pyrrole nitrogens is 1. The number of aliphatic hydroxyl groups excluding tert-OH is 1. The van der Waals surface area contributed by atoms with Gasteiger partial charge in [-0.15, -0.1) is 11.6 Å². The van der Waals surface area contributed by atoms with Crippen molar-refractivity contribution in [1.82, 2.24) is 14.9 Å². The van der Waals surface area contributed by atoms with Crippen LogP contribution >= 0.6 is 11.6 Å². The first-order chi connectivity index (χ1) is 32.0. The predicted molar refractivity (Wildman–Crippen MR) is 269 cm³/mol. The molecule has 2 amide bonds. The minimum Gasteiger partial charge on any atom is -0.454 e. The van der Waals surface area contributed by atoms with Crippen molar-refractivity contribution in [3.05, 3.63) is 107 Å². The third-order valence-corrected chi connectivity index (χ3v) is 13.6. The molecular weight excluding hydrogens is 882 g/mol. The number of halogens is 1. The molecule has 5 heterocycles. The number of carbonyl (C=O) groups excluding carboxylic acids is 2. The SMILES string of the molecule is C.CC(C)(C)c1cc2cc(NC(=O)C3(c4ccc5c(c4)OCO5)CC3)ccc2[nH]1.CNCC(O)Cn1c(C(C)(C)C)cc2cc(NC(=O)C3(c4ccc5c(c4)OCO5)CC3)ccc21.ClCC1CO1. The number of ether oxygens (including phenoxy) is 5. The first-order valence-electron chi connectivity index (χ1n) is 23.2. The highest BCUT2D eigenvalue weighted by Gasteiger charge is 2.52. The van der Waals surface area contributed by atoms with Crippen LogP contribution in [0.5, 0.6) is 23.0 Å². The topological polar surface area (TPSA) is 161 Å². The molecule has 1 saturated heterocycles. The number of carbonyl (C=O) groups is 2. The van der Waals surface area contributed by atoms with Crippen LogP contribution in [0.25, 0.3) is 21.8 Å². The number of epoxide rings is 1. The Balaban J connectivity index is 0.000000166. The number of likely N-dealkylation sites (N-methyl/N-ethyl adjacent to an activating group) is 1. The molecule has 13 nitrogen and oxygen atoms in total. The standard InChI is InChI=1S/C27H33N3O4.C23H24N2O3.C3H5ClO.CH4/c1-26(2,3)24-12-17-11-19(6-7-21(17)30(24)15-20(31)14-28-4)29-25(32)27(9-10-27)18-5-8-22-23(13-18)34-16-33-22;1-22(2,3)20-11-14-10-16(5-6-17(14)25-20)24-21(26)23(8-9-23)15-4-7-18-19(12-15)28-13-27-18;4-1-3-2-5-3;/h5-8,11-13,20,28,31H,9-10,14-16H2,1-4H3,(H,29,32);4-7,10-12,25H,8-9,13H2,1-3H3,(H,24,26);3H,1-2H2;1H4. The van der Waals surface area contributed by atoms with Gasteiger partial charge in [-0.3, -0.25) is 9.59 Å². The number of aromatic amines is 1. The van der Waals surface area contributed by atoms with E-state index in [-0.39, 0.29) is 43.7 Å². The van der Waals surface area contributed by atoms with Gasteiger partial charge in [0.25, 0.3) is 0 Å². The fraction of sp³-hybridized carbons (Fsp3) is 0.444. The first kappa shape index (κ1) is 48.7. The van der Waals surface area contributed by atoms with Gasteiger partial charge < -0.3 is 54.3 Å². The van der Waals surface area contributed by atoms with Crippen molar-refractivity contribution < 1.29 is 38.4 Å². The molecule has 11 rings (SSSR count). The summed E-state index contributed by atoms with van der Waals surface area (Å²) in [5.41, 5.74) is 7.02. The number of aliphatic hydroxyl groups is 1. The minimum absolute atomic E-state index is 0. The van der Waals surface area contributed by atoms with E-state index in [1.165, 1.54) is 5.69 Å². The Hall–Kier alpha value is -5.73. The maximum Gasteiger partial charge on any atom is 0.235 e. The van der Waals surface area contributed by atoms with Gasteiger partial charge in [0, 0.05) is 61.9 Å². The molecule has 3 aliphatic heterocycles. The van der Waals surface area contributed by atoms with Crippen molar-refractivity contribution >= 4 is 56.6 Å². The summed E-state index contributed by atoms with van der Waals surface area (Å²) in [6.07, 6.45) is 3.23. The van der Waals surface area contributed by atoms with Crippen LogP contribution in [0, 0.1) is 0 Å². The van der Waals surface area contributed by atoms with E-state index in [0.29, 0.717) is 30.8 Å². The molecule has 362 valence electrons. The Kier molecular flexibility index (Phi) is 13.6. The fourth-order valence-corrected chi connectivity index (χ4v) is 9.06. The predicted octanol–water partition coefficient (Wildman–Crippen LogP) is 10.0. The van der Waals surface area contributed by atoms with Crippen LogP contribution in [0.4, 0.5) is 11.4 Å². The molecule has 0 bridgehead atoms. The van der Waals surface area contributed by atoms with Crippen LogP contribution in [-0.2, 0) is 42.5 Å². The number of benzene rings is 4. The van der Waals surface area contributed by atoms with Gasteiger partial charge >= 0.3 is 0 Å². The average molecular weight is 949 g/mol. The van der Waals surface area contributed by atoms with Crippen LogP contribution in [0.3, 0.4) is 0 Å². The summed E-state index contributed by atoms with van der Waals surface area (Å²) in [5, 5.41) is 21.9. The molecule has 68 heavy (non-hydrogen) atoms. The quantitative estimate of drug-likeness (QED) is 0.0629. The highest BCUT2D eigenvalue weighted by molar-refractivity contribution is 6.18. The van der Waals surface area contributed by atoms with E-state index in [2.05, 4.69) is 79.2 Å². The lowest BCUT2D eigenvalue weighted by molar-refractivity contribution is -0.119. The van der Waals surface area contributed by atoms with Gasteiger partial charge in [0.05, 0.1) is 42.1 Å². The molecule has 2 aromatic heterocycles. The Morgan fingerprint density at radius 2 is 1.26 bits per heavy atom. The maximum absolute atomic E-state index is 13.4. The van der Waals surface area contributed by atoms with E-state index in [4.69, 9.17) is 35.3 Å². The van der Waals surface area contributed by atoms with Crippen molar-refractivity contribution in [2.24, 2.45) is 0 Å². The lowest BCUT2D eigenvalue weighted by Gasteiger charge is -2.23. The molecule has 2 aliphatic carbocycles. The minimum atomic E-state index is -0.518. The van der Waals surface area contributed by atoms with Crippen molar-refractivity contribution in [3.63, 3.8) is 0 Å². The molecule has 6 aromatic rings. The van der Waals surface area contributed by atoms with E-state index >= 15 is 0 Å². The second kappa shape index (κ2) is 19.0. The van der Waals surface area contributed by atoms with Crippen LogP contribution in [-0.4, -0.2) is 78.3 Å². The number of hydrogen-bond donors (Lipinski definition) is 5. The fourth-order valence-electron chi connectivity index (χ4n) is 8.88. The van der Waals surface area contributed by atoms with Gasteiger partial charge in [-0.1, -0.05) is 61.1 Å². The molecule has 2 atom stereocenters. The second-order valence-electron chi connectivity index (χ2n) is 20.4. The van der Waals surface area contributed by atoms with Gasteiger partial charge in [-0.2, -0.15) is 0 Å². The van der Waals surface area contributed by atoms with Gasteiger partial charge in [-0.05, 0) is 117 Å². The smallest absolute Gasteiger partial charge is 0.235 e. The van der Waals surface area contributed by atoms with Crippen molar-refractivity contribution in [2.75, 3.05) is 50.3 Å². The van der Waals surface area contributed by atoms with Gasteiger partial charge in [0.2, 0.25) is 25.4 Å². The number of hydrogen-bond acceptors (Lipinski definition) is 9. The molecule has 14 heteroatoms. The molecule has 2 unspecified atom stereocenters. The lowest BCUT2D eigenvalue weighted by Crippen LogP contribution is -2.30. The summed E-state index contributed by atoms with van der Waals surface area (Å²) in [7, 11) is 1.84. The first-order valence-corrected chi connectivity index (χ1v) is 23.7. The second-order valence-corrected chi connectivity index (χ2v) is 20.7. The summed E-state index contributed by atoms with van der Waals surface area (Å²) in [6, 6.07) is 28.0. The van der Waals surface area contributed by atoms with Gasteiger partial charge in [-0.25, -0.2) is 0 Å². The molecule has 2 saturated carbocycles. The molecule has 0 radical (unpaired) electrons. The molecule has 3 fully saturated rings. The highest BCUT2D eigenvalue weighted by atomic mass is 35.5. The Morgan fingerprint density at radius 3 is 1.74 bits per heavy atom. The van der Waals surface area contributed by atoms with E-state index in [1.54, 1.807) is 0 Å².